The Hall–Kier alpha value is -1.62. The summed E-state index contributed by atoms with van der Waals surface area (Å²) in [6.07, 6.45) is 2.68. The number of nitrogens with zero attached hydrogens (tertiary/aromatic N) is 2. The minimum atomic E-state index is -0.268. The number of aromatic amines is 1. The maximum Gasteiger partial charge on any atom is 0.327 e. The van der Waals surface area contributed by atoms with Gasteiger partial charge >= 0.3 is 5.69 Å². The lowest BCUT2D eigenvalue weighted by molar-refractivity contribution is 0.0487. The Kier molecular flexibility index (Phi) is 1.70. The van der Waals surface area contributed by atoms with E-state index in [-0.39, 0.29) is 17.8 Å². The highest BCUT2D eigenvalue weighted by atomic mass is 16.3. The van der Waals surface area contributed by atoms with Gasteiger partial charge in [-0.1, -0.05) is 0 Å². The van der Waals surface area contributed by atoms with Crippen molar-refractivity contribution in [3.63, 3.8) is 0 Å². The Labute approximate surface area is 85.4 Å². The van der Waals surface area contributed by atoms with Crippen LogP contribution in [0.15, 0.2) is 23.1 Å². The zero-order chi connectivity index (χ0) is 10.4. The second kappa shape index (κ2) is 2.93. The van der Waals surface area contributed by atoms with Crippen molar-refractivity contribution >= 4 is 11.2 Å². The molecule has 1 aliphatic carbocycles. The van der Waals surface area contributed by atoms with Gasteiger partial charge in [0, 0.05) is 12.2 Å². The molecule has 0 atom stereocenters. The van der Waals surface area contributed by atoms with E-state index in [1.807, 2.05) is 6.07 Å². The highest BCUT2D eigenvalue weighted by Gasteiger charge is 2.31. The van der Waals surface area contributed by atoms with Crippen molar-refractivity contribution in [1.29, 1.82) is 0 Å². The average Bonchev–Trinajstić information content (AvgIpc) is 2.49. The molecule has 1 fully saturated rings. The predicted molar refractivity (Wildman–Crippen MR) is 54.6 cm³/mol. The first-order valence-electron chi connectivity index (χ1n) is 4.99. The van der Waals surface area contributed by atoms with E-state index in [9.17, 15) is 9.90 Å². The van der Waals surface area contributed by atoms with Crippen LogP contribution in [0.2, 0.25) is 0 Å². The van der Waals surface area contributed by atoms with Crippen LogP contribution in [0.5, 0.6) is 0 Å². The Morgan fingerprint density at radius 1 is 1.53 bits per heavy atom. The van der Waals surface area contributed by atoms with Crippen LogP contribution in [-0.4, -0.2) is 25.7 Å². The summed E-state index contributed by atoms with van der Waals surface area (Å²) in [6, 6.07) is 3.71. The maximum atomic E-state index is 11.7. The summed E-state index contributed by atoms with van der Waals surface area (Å²) in [5.74, 6) is 0. The molecule has 0 spiro atoms. The second-order valence-electron chi connectivity index (χ2n) is 3.95. The van der Waals surface area contributed by atoms with Crippen LogP contribution in [-0.2, 0) is 0 Å². The van der Waals surface area contributed by atoms with Crippen molar-refractivity contribution in [2.75, 3.05) is 0 Å². The van der Waals surface area contributed by atoms with Crippen LogP contribution in [0.3, 0.4) is 0 Å². The first-order valence-corrected chi connectivity index (χ1v) is 4.99. The third kappa shape index (κ3) is 1.20. The number of aromatic nitrogens is 3. The SMILES string of the molecule is O=c1[nH]c2cccnc2n1[C@H]1C[C@H](O)C1. The summed E-state index contributed by atoms with van der Waals surface area (Å²) in [7, 11) is 0. The van der Waals surface area contributed by atoms with Crippen molar-refractivity contribution in [3.05, 3.63) is 28.8 Å². The van der Waals surface area contributed by atoms with E-state index in [0.29, 0.717) is 18.5 Å². The summed E-state index contributed by atoms with van der Waals surface area (Å²) in [5, 5.41) is 9.23. The number of rotatable bonds is 1. The van der Waals surface area contributed by atoms with Gasteiger partial charge in [-0.15, -0.1) is 0 Å². The largest absolute Gasteiger partial charge is 0.393 e. The van der Waals surface area contributed by atoms with Crippen LogP contribution in [0.25, 0.3) is 11.2 Å². The first kappa shape index (κ1) is 8.67. The van der Waals surface area contributed by atoms with E-state index in [0.717, 1.165) is 5.52 Å². The molecule has 2 aromatic heterocycles. The Morgan fingerprint density at radius 3 is 3.07 bits per heavy atom. The fourth-order valence-electron chi connectivity index (χ4n) is 2.07. The molecule has 5 nitrogen and oxygen atoms in total. The highest BCUT2D eigenvalue weighted by molar-refractivity contribution is 5.70. The van der Waals surface area contributed by atoms with Crippen molar-refractivity contribution in [3.8, 4) is 0 Å². The molecule has 2 N–H and O–H groups in total. The van der Waals surface area contributed by atoms with Crippen molar-refractivity contribution in [2.24, 2.45) is 0 Å². The van der Waals surface area contributed by atoms with Gasteiger partial charge in [-0.05, 0) is 25.0 Å². The molecule has 2 heterocycles. The predicted octanol–water partition coefficient (Wildman–Crippen LogP) is 0.420. The lowest BCUT2D eigenvalue weighted by Gasteiger charge is -2.31. The number of fused-ring (bicyclic) bond motifs is 1. The highest BCUT2D eigenvalue weighted by Crippen LogP contribution is 2.32. The molecule has 0 aliphatic heterocycles. The van der Waals surface area contributed by atoms with Crippen molar-refractivity contribution < 1.29 is 5.11 Å². The first-order chi connectivity index (χ1) is 7.25. The van der Waals surface area contributed by atoms with Gasteiger partial charge in [0.2, 0.25) is 0 Å². The maximum absolute atomic E-state index is 11.7. The standard InChI is InChI=1S/C10H11N3O2/c14-7-4-6(5-7)13-9-8(12-10(13)15)2-1-3-11-9/h1-3,6-7,14H,4-5H2,(H,12,15)/t6-,7-. The zero-order valence-corrected chi connectivity index (χ0v) is 8.05. The fraction of sp³-hybridized carbons (Fsp3) is 0.400. The molecule has 0 radical (unpaired) electrons. The van der Waals surface area contributed by atoms with Gasteiger partial charge < -0.3 is 10.1 Å². The van der Waals surface area contributed by atoms with Gasteiger partial charge in [0.25, 0.3) is 0 Å². The summed E-state index contributed by atoms with van der Waals surface area (Å²) in [4.78, 5) is 18.6. The molecular formula is C10H11N3O2. The van der Waals surface area contributed by atoms with Crippen LogP contribution < -0.4 is 5.69 Å². The molecule has 0 unspecified atom stereocenters. The van der Waals surface area contributed by atoms with Gasteiger partial charge in [0.05, 0.1) is 11.6 Å². The van der Waals surface area contributed by atoms with Gasteiger partial charge in [-0.25, -0.2) is 9.78 Å². The lowest BCUT2D eigenvalue weighted by Crippen LogP contribution is -2.35. The zero-order valence-electron chi connectivity index (χ0n) is 8.05. The van der Waals surface area contributed by atoms with Gasteiger partial charge in [-0.3, -0.25) is 4.57 Å². The molecule has 0 saturated heterocycles. The summed E-state index contributed by atoms with van der Waals surface area (Å²) in [6.45, 7) is 0. The third-order valence-corrected chi connectivity index (χ3v) is 2.93. The van der Waals surface area contributed by atoms with Crippen LogP contribution in [0.4, 0.5) is 0 Å². The molecule has 3 rings (SSSR count). The summed E-state index contributed by atoms with van der Waals surface area (Å²) in [5.41, 5.74) is 1.30. The molecule has 0 bridgehead atoms. The molecule has 15 heavy (non-hydrogen) atoms. The number of aliphatic hydroxyl groups excluding tert-OH is 1. The molecule has 78 valence electrons. The second-order valence-corrected chi connectivity index (χ2v) is 3.95. The van der Waals surface area contributed by atoms with Crippen molar-refractivity contribution in [1.82, 2.24) is 14.5 Å². The molecule has 5 heteroatoms. The van der Waals surface area contributed by atoms with E-state index < -0.39 is 0 Å². The minimum absolute atomic E-state index is 0.0937. The molecule has 0 amide bonds. The van der Waals surface area contributed by atoms with Crippen LogP contribution in [0.1, 0.15) is 18.9 Å². The smallest absolute Gasteiger partial charge is 0.327 e. The van der Waals surface area contributed by atoms with Crippen LogP contribution in [0, 0.1) is 0 Å². The lowest BCUT2D eigenvalue weighted by atomic mass is 9.89. The normalized spacial score (nSPS) is 25.4. The molecular weight excluding hydrogens is 194 g/mol. The van der Waals surface area contributed by atoms with E-state index in [4.69, 9.17) is 0 Å². The Morgan fingerprint density at radius 2 is 2.33 bits per heavy atom. The number of aliphatic hydroxyl groups is 1. The number of H-pyrrole nitrogens is 1. The van der Waals surface area contributed by atoms with Crippen molar-refractivity contribution in [2.45, 2.75) is 25.0 Å². The topological polar surface area (TPSA) is 70.9 Å². The van der Waals surface area contributed by atoms with E-state index in [2.05, 4.69) is 9.97 Å². The van der Waals surface area contributed by atoms with Crippen LogP contribution >= 0.6 is 0 Å². The van der Waals surface area contributed by atoms with E-state index in [1.165, 1.54) is 0 Å². The minimum Gasteiger partial charge on any atom is -0.393 e. The van der Waals surface area contributed by atoms with Gasteiger partial charge in [-0.2, -0.15) is 0 Å². The third-order valence-electron chi connectivity index (χ3n) is 2.93. The Bertz CT molecular complexity index is 551. The number of hydrogen-bond acceptors (Lipinski definition) is 3. The monoisotopic (exact) mass is 205 g/mol. The molecule has 2 aromatic rings. The van der Waals surface area contributed by atoms with E-state index in [1.54, 1.807) is 16.8 Å². The van der Waals surface area contributed by atoms with Gasteiger partial charge in [0.15, 0.2) is 5.65 Å². The van der Waals surface area contributed by atoms with Gasteiger partial charge in [0.1, 0.15) is 0 Å². The summed E-state index contributed by atoms with van der Waals surface area (Å²) >= 11 is 0. The quantitative estimate of drug-likeness (QED) is 0.708. The number of imidazole rings is 1. The Balaban J connectivity index is 2.17. The van der Waals surface area contributed by atoms with E-state index >= 15 is 0 Å². The number of pyridine rings is 1. The summed E-state index contributed by atoms with van der Waals surface area (Å²) < 4.78 is 1.64. The molecule has 0 aromatic carbocycles. The number of nitrogens with one attached hydrogen (secondary N) is 1. The molecule has 1 aliphatic rings. The molecule has 1 saturated carbocycles. The average molecular weight is 205 g/mol. The number of hydrogen-bond donors (Lipinski definition) is 2. The fourth-order valence-corrected chi connectivity index (χ4v) is 2.07.